The molecule has 1 unspecified atom stereocenters. The maximum Gasteiger partial charge on any atom is 0.0363 e. The molecule has 0 saturated carbocycles. The van der Waals surface area contributed by atoms with Crippen molar-refractivity contribution >= 4 is 98.0 Å². The van der Waals surface area contributed by atoms with Gasteiger partial charge in [0.05, 0.1) is 0 Å². The van der Waals surface area contributed by atoms with Crippen LogP contribution in [0.15, 0.2) is 152 Å². The van der Waals surface area contributed by atoms with Gasteiger partial charge in [-0.25, -0.2) is 0 Å². The molecular formula is C55H37I. The lowest BCUT2D eigenvalue weighted by Gasteiger charge is -2.23. The molecule has 0 aromatic heterocycles. The van der Waals surface area contributed by atoms with E-state index in [2.05, 4.69) is 195 Å². The fraction of sp³-hybridized carbons (Fsp3) is 0.0909. The van der Waals surface area contributed by atoms with E-state index in [1.54, 1.807) is 0 Å². The molecule has 0 N–H and O–H groups in total. The van der Waals surface area contributed by atoms with E-state index in [9.17, 15) is 0 Å². The average molecular weight is 825 g/mol. The summed E-state index contributed by atoms with van der Waals surface area (Å²) in [5.41, 5.74) is 14.5. The number of hydrogen-bond acceptors (Lipinski definition) is 0. The number of halogens is 1. The molecule has 1 heteroatoms. The largest absolute Gasteiger partial charge is 0.0774 e. The highest BCUT2D eigenvalue weighted by Crippen LogP contribution is 2.61. The Kier molecular flexibility index (Phi) is 6.88. The Balaban J connectivity index is 1.35. The van der Waals surface area contributed by atoms with E-state index in [0.29, 0.717) is 3.92 Å². The third-order valence-corrected chi connectivity index (χ3v) is 14.5. The summed E-state index contributed by atoms with van der Waals surface area (Å²) in [7, 11) is 0. The van der Waals surface area contributed by atoms with Crippen LogP contribution in [0.4, 0.5) is 0 Å². The molecule has 11 aromatic carbocycles. The molecule has 0 saturated heterocycles. The minimum Gasteiger partial charge on any atom is -0.0774 e. The van der Waals surface area contributed by atoms with E-state index in [1.807, 2.05) is 0 Å². The second-order valence-corrected chi connectivity index (χ2v) is 17.5. The van der Waals surface area contributed by atoms with Crippen molar-refractivity contribution in [2.24, 2.45) is 0 Å². The van der Waals surface area contributed by atoms with Crippen LogP contribution in [0.1, 0.15) is 34.0 Å². The van der Waals surface area contributed by atoms with Crippen LogP contribution in [-0.2, 0) is 0 Å². The van der Waals surface area contributed by atoms with E-state index in [-0.39, 0.29) is 0 Å². The molecule has 264 valence electrons. The van der Waals surface area contributed by atoms with E-state index in [1.165, 1.54) is 137 Å². The first-order valence-corrected chi connectivity index (χ1v) is 21.1. The van der Waals surface area contributed by atoms with E-state index in [4.69, 9.17) is 0 Å². The predicted molar refractivity (Wildman–Crippen MR) is 252 cm³/mol. The van der Waals surface area contributed by atoms with Crippen LogP contribution in [0.5, 0.6) is 0 Å². The summed E-state index contributed by atoms with van der Waals surface area (Å²) in [4.78, 5) is 0. The zero-order chi connectivity index (χ0) is 37.4. The summed E-state index contributed by atoms with van der Waals surface area (Å²) >= 11 is 2.63. The van der Waals surface area contributed by atoms with Crippen LogP contribution < -0.4 is 0 Å². The lowest BCUT2D eigenvalue weighted by Crippen LogP contribution is -1.96. The topological polar surface area (TPSA) is 0 Å². The number of benzene rings is 11. The van der Waals surface area contributed by atoms with Crippen LogP contribution in [0, 0.1) is 13.8 Å². The standard InChI is InChI=1S/C55H37I/c1-4-46(56)36-24-25-41-43-27-29-45-51-44(28-26-42(50(43)51)40-15-9-14-39(36)49(40)41)54-47(32-20-16-30(2)17-21-32)52-37-12-7-5-10-34(37)35-11-6-8-13-38(35)53(52)48(55(45)54)33-22-18-31(3)19-23-33/h5-29,46H,4H2,1-3H3. The molecule has 0 heterocycles. The molecule has 0 spiro atoms. The Hall–Kier alpha value is -5.77. The van der Waals surface area contributed by atoms with Crippen LogP contribution in [0.2, 0.25) is 0 Å². The smallest absolute Gasteiger partial charge is 0.0363 e. The van der Waals surface area contributed by atoms with Gasteiger partial charge in [-0.2, -0.15) is 0 Å². The van der Waals surface area contributed by atoms with Gasteiger partial charge < -0.3 is 0 Å². The molecule has 0 fully saturated rings. The van der Waals surface area contributed by atoms with Crippen LogP contribution in [-0.4, -0.2) is 0 Å². The quantitative estimate of drug-likeness (QED) is 0.0718. The maximum absolute atomic E-state index is 2.63. The maximum atomic E-state index is 2.63. The van der Waals surface area contributed by atoms with Crippen molar-refractivity contribution in [2.75, 3.05) is 0 Å². The number of fused-ring (bicyclic) bond motifs is 11. The minimum absolute atomic E-state index is 0.473. The van der Waals surface area contributed by atoms with Crippen LogP contribution >= 0.6 is 22.6 Å². The third-order valence-electron chi connectivity index (χ3n) is 12.9. The highest BCUT2D eigenvalue weighted by Gasteiger charge is 2.33. The fourth-order valence-corrected chi connectivity index (χ4v) is 11.0. The molecule has 1 atom stereocenters. The molecule has 12 rings (SSSR count). The van der Waals surface area contributed by atoms with E-state index < -0.39 is 0 Å². The molecule has 11 aromatic rings. The Labute approximate surface area is 339 Å². The summed E-state index contributed by atoms with van der Waals surface area (Å²) < 4.78 is 0.473. The molecule has 0 amide bonds. The van der Waals surface area contributed by atoms with Gasteiger partial charge in [0.1, 0.15) is 0 Å². The number of alkyl halides is 1. The van der Waals surface area contributed by atoms with Crippen molar-refractivity contribution in [3.63, 3.8) is 0 Å². The van der Waals surface area contributed by atoms with Gasteiger partial charge in [0.25, 0.3) is 0 Å². The Morgan fingerprint density at radius 2 is 0.768 bits per heavy atom. The molecule has 1 aliphatic carbocycles. The summed E-state index contributed by atoms with van der Waals surface area (Å²) in [6.07, 6.45) is 1.11. The second kappa shape index (κ2) is 11.9. The number of hydrogen-bond donors (Lipinski definition) is 0. The van der Waals surface area contributed by atoms with Crippen molar-refractivity contribution in [3.8, 4) is 44.5 Å². The van der Waals surface area contributed by atoms with Crippen molar-refractivity contribution in [2.45, 2.75) is 31.1 Å². The lowest BCUT2D eigenvalue weighted by atomic mass is 9.79. The zero-order valence-electron chi connectivity index (χ0n) is 31.6. The zero-order valence-corrected chi connectivity index (χ0v) is 33.8. The molecular weight excluding hydrogens is 788 g/mol. The van der Waals surface area contributed by atoms with Gasteiger partial charge in [-0.3, -0.25) is 0 Å². The molecule has 0 radical (unpaired) electrons. The first kappa shape index (κ1) is 32.5. The highest BCUT2D eigenvalue weighted by atomic mass is 127. The summed E-state index contributed by atoms with van der Waals surface area (Å²) in [6, 6.07) is 58.4. The van der Waals surface area contributed by atoms with Gasteiger partial charge in [0, 0.05) is 3.92 Å². The van der Waals surface area contributed by atoms with Gasteiger partial charge in [-0.15, -0.1) is 0 Å². The van der Waals surface area contributed by atoms with Crippen molar-refractivity contribution in [3.05, 3.63) is 168 Å². The van der Waals surface area contributed by atoms with Crippen molar-refractivity contribution < 1.29 is 0 Å². The van der Waals surface area contributed by atoms with Crippen LogP contribution in [0.3, 0.4) is 0 Å². The molecule has 56 heavy (non-hydrogen) atoms. The molecule has 1 aliphatic rings. The fourth-order valence-electron chi connectivity index (χ4n) is 10.4. The Morgan fingerprint density at radius 1 is 0.357 bits per heavy atom. The Morgan fingerprint density at radius 3 is 1.29 bits per heavy atom. The Bertz CT molecular complexity index is 3270. The normalized spacial score (nSPS) is 13.0. The first-order valence-electron chi connectivity index (χ1n) is 19.9. The lowest BCUT2D eigenvalue weighted by molar-refractivity contribution is 0.936. The number of aryl methyl sites for hydroxylation is 2. The number of rotatable bonds is 4. The summed E-state index contributed by atoms with van der Waals surface area (Å²) in [5, 5.41) is 18.8. The van der Waals surface area contributed by atoms with Crippen molar-refractivity contribution in [1.82, 2.24) is 0 Å². The first-order chi connectivity index (χ1) is 27.5. The minimum atomic E-state index is 0.473. The summed E-state index contributed by atoms with van der Waals surface area (Å²) in [5.74, 6) is 0. The van der Waals surface area contributed by atoms with Gasteiger partial charge in [0.15, 0.2) is 0 Å². The molecule has 0 bridgehead atoms. The van der Waals surface area contributed by atoms with Crippen molar-refractivity contribution in [1.29, 1.82) is 0 Å². The highest BCUT2D eigenvalue weighted by molar-refractivity contribution is 14.1. The second-order valence-electron chi connectivity index (χ2n) is 16.0. The predicted octanol–water partition coefficient (Wildman–Crippen LogP) is 16.7. The molecule has 0 nitrogen and oxygen atoms in total. The monoisotopic (exact) mass is 824 g/mol. The van der Waals surface area contributed by atoms with Gasteiger partial charge >= 0.3 is 0 Å². The molecule has 0 aliphatic heterocycles. The van der Waals surface area contributed by atoms with Gasteiger partial charge in [0.2, 0.25) is 0 Å². The van der Waals surface area contributed by atoms with Crippen LogP contribution in [0.25, 0.3) is 120 Å². The van der Waals surface area contributed by atoms with Gasteiger partial charge in [-0.1, -0.05) is 192 Å². The van der Waals surface area contributed by atoms with Gasteiger partial charge in [-0.05, 0) is 146 Å². The summed E-state index contributed by atoms with van der Waals surface area (Å²) in [6.45, 7) is 6.68. The third kappa shape index (κ3) is 4.24. The van der Waals surface area contributed by atoms with E-state index in [0.717, 1.165) is 6.42 Å². The average Bonchev–Trinajstić information content (AvgIpc) is 3.58. The SMILES string of the molecule is CCC(I)c1ccc2c3ccc4c5c(ccc(c6cccc1c62)c53)-c1c-4c(-c2ccc(C)cc2)c2c3ccccc3c3ccccc3c2c1-c1ccc(C)cc1. The van der Waals surface area contributed by atoms with E-state index >= 15 is 0 Å².